The van der Waals surface area contributed by atoms with Crippen LogP contribution in [-0.4, -0.2) is 14.7 Å². The molecule has 1 rings (SSSR count). The number of hydrogen-bond acceptors (Lipinski definition) is 3. The molecule has 0 amide bonds. The lowest BCUT2D eigenvalue weighted by Crippen LogP contribution is -2.01. The van der Waals surface area contributed by atoms with Crippen LogP contribution in [0.1, 0.15) is 15.9 Å². The Hall–Kier alpha value is -1.49. The molecule has 5 heteroatoms. The summed E-state index contributed by atoms with van der Waals surface area (Å²) in [6.07, 6.45) is 2.17. The van der Waals surface area contributed by atoms with E-state index in [0.29, 0.717) is 18.3 Å². The molecule has 1 aromatic rings. The van der Waals surface area contributed by atoms with Gasteiger partial charge in [0.2, 0.25) is 0 Å². The van der Waals surface area contributed by atoms with Crippen molar-refractivity contribution in [3.8, 4) is 0 Å². The Balaban J connectivity index is 3.48. The lowest BCUT2D eigenvalue weighted by molar-refractivity contribution is 0.111. The van der Waals surface area contributed by atoms with E-state index < -0.39 is 15.1 Å². The Morgan fingerprint density at radius 2 is 2.07 bits per heavy atom. The van der Waals surface area contributed by atoms with Crippen LogP contribution in [0, 0.1) is 0 Å². The molecule has 0 radical (unpaired) electrons. The molecule has 0 bridgehead atoms. The van der Waals surface area contributed by atoms with Crippen LogP contribution in [0.15, 0.2) is 35.7 Å². The monoisotopic (exact) mass is 228 g/mol. The molecule has 0 aliphatic heterocycles. The predicted molar refractivity (Wildman–Crippen MR) is 54.0 cm³/mol. The van der Waals surface area contributed by atoms with Crippen molar-refractivity contribution < 1.29 is 17.1 Å². The molecule has 0 atom stereocenters. The lowest BCUT2D eigenvalue weighted by atomic mass is 10.1. The maximum absolute atomic E-state index is 12.8. The van der Waals surface area contributed by atoms with Crippen LogP contribution in [-0.2, 0) is 16.6 Å². The fraction of sp³-hybridized carbons (Fsp3) is 0.100. The van der Waals surface area contributed by atoms with Gasteiger partial charge in [0, 0.05) is 5.56 Å². The van der Waals surface area contributed by atoms with E-state index in [1.165, 1.54) is 12.1 Å². The van der Waals surface area contributed by atoms with E-state index in [-0.39, 0.29) is 5.56 Å². The number of halogens is 1. The molecule has 80 valence electrons. The van der Waals surface area contributed by atoms with E-state index in [4.69, 9.17) is 0 Å². The first-order valence-corrected chi connectivity index (χ1v) is 5.51. The van der Waals surface area contributed by atoms with E-state index >= 15 is 0 Å². The molecule has 0 spiro atoms. The van der Waals surface area contributed by atoms with Crippen molar-refractivity contribution in [2.75, 3.05) is 0 Å². The zero-order chi connectivity index (χ0) is 11.5. The van der Waals surface area contributed by atoms with Crippen LogP contribution in [0.4, 0.5) is 3.89 Å². The summed E-state index contributed by atoms with van der Waals surface area (Å²) in [5.41, 5.74) is 0.304. The van der Waals surface area contributed by atoms with Gasteiger partial charge in [-0.05, 0) is 18.1 Å². The van der Waals surface area contributed by atoms with E-state index in [1.54, 1.807) is 6.07 Å². The van der Waals surface area contributed by atoms with Crippen molar-refractivity contribution >= 4 is 16.5 Å². The van der Waals surface area contributed by atoms with Gasteiger partial charge in [0.25, 0.3) is 0 Å². The third-order valence-corrected chi connectivity index (χ3v) is 2.78. The van der Waals surface area contributed by atoms with Crippen LogP contribution >= 0.6 is 0 Å². The number of hydrogen-bond donors (Lipinski definition) is 0. The van der Waals surface area contributed by atoms with Crippen molar-refractivity contribution in [1.29, 1.82) is 0 Å². The third kappa shape index (κ3) is 2.50. The summed E-state index contributed by atoms with van der Waals surface area (Å²) in [4.78, 5) is 10.1. The minimum Gasteiger partial charge on any atom is -0.298 e. The highest BCUT2D eigenvalue weighted by Gasteiger charge is 2.18. The first kappa shape index (κ1) is 11.6. The van der Waals surface area contributed by atoms with Crippen molar-refractivity contribution in [3.05, 3.63) is 42.0 Å². The molecule has 0 aliphatic carbocycles. The molecule has 0 saturated heterocycles. The summed E-state index contributed by atoms with van der Waals surface area (Å²) in [5, 5.41) is 0. The largest absolute Gasteiger partial charge is 0.332 e. The van der Waals surface area contributed by atoms with Gasteiger partial charge < -0.3 is 0 Å². The van der Waals surface area contributed by atoms with Crippen LogP contribution in [0.2, 0.25) is 0 Å². The second-order valence-corrected chi connectivity index (χ2v) is 4.19. The molecule has 3 nitrogen and oxygen atoms in total. The quantitative estimate of drug-likeness (QED) is 0.449. The molecule has 0 aliphatic rings. The van der Waals surface area contributed by atoms with Crippen molar-refractivity contribution in [3.63, 3.8) is 0 Å². The Bertz CT molecular complexity index is 491. The van der Waals surface area contributed by atoms with E-state index in [9.17, 15) is 17.1 Å². The second-order valence-electron chi connectivity index (χ2n) is 2.88. The normalized spacial score (nSPS) is 11.0. The van der Waals surface area contributed by atoms with Crippen LogP contribution < -0.4 is 0 Å². The van der Waals surface area contributed by atoms with Crippen molar-refractivity contribution in [2.45, 2.75) is 11.3 Å². The fourth-order valence-electron chi connectivity index (χ4n) is 1.27. The van der Waals surface area contributed by atoms with Crippen LogP contribution in [0.25, 0.3) is 0 Å². The number of benzene rings is 1. The van der Waals surface area contributed by atoms with E-state index in [1.807, 2.05) is 0 Å². The summed E-state index contributed by atoms with van der Waals surface area (Å²) in [7, 11) is -4.85. The van der Waals surface area contributed by atoms with Gasteiger partial charge in [-0.15, -0.1) is 10.5 Å². The summed E-state index contributed by atoms with van der Waals surface area (Å²) in [6, 6.07) is 4.00. The maximum atomic E-state index is 12.8. The molecular formula is C10H9FO3S. The number of allylic oxidation sites excluding steroid dienone is 1. The van der Waals surface area contributed by atoms with Gasteiger partial charge in [-0.1, -0.05) is 18.2 Å². The van der Waals surface area contributed by atoms with Crippen LogP contribution in [0.5, 0.6) is 0 Å². The molecule has 0 fully saturated rings. The van der Waals surface area contributed by atoms with Gasteiger partial charge in [0.05, 0.1) is 0 Å². The fourth-order valence-corrected chi connectivity index (χ4v) is 1.95. The van der Waals surface area contributed by atoms with E-state index in [0.717, 1.165) is 6.07 Å². The third-order valence-electron chi connectivity index (χ3n) is 1.90. The van der Waals surface area contributed by atoms with Crippen molar-refractivity contribution in [2.24, 2.45) is 0 Å². The number of rotatable bonds is 4. The van der Waals surface area contributed by atoms with Gasteiger partial charge in [0.1, 0.15) is 4.90 Å². The highest BCUT2D eigenvalue weighted by atomic mass is 32.3. The van der Waals surface area contributed by atoms with Gasteiger partial charge in [-0.25, -0.2) is 0 Å². The Kier molecular flexibility index (Phi) is 3.36. The molecule has 0 heterocycles. The zero-order valence-corrected chi connectivity index (χ0v) is 8.63. The summed E-state index contributed by atoms with van der Waals surface area (Å²) in [6.45, 7) is 3.46. The SMILES string of the molecule is C=CCc1cccc(S(=O)(=O)F)c1C=O. The average Bonchev–Trinajstić information content (AvgIpc) is 2.16. The minimum atomic E-state index is -4.85. The summed E-state index contributed by atoms with van der Waals surface area (Å²) >= 11 is 0. The Morgan fingerprint density at radius 1 is 1.40 bits per heavy atom. The molecular weight excluding hydrogens is 219 g/mol. The molecule has 0 N–H and O–H groups in total. The highest BCUT2D eigenvalue weighted by molar-refractivity contribution is 7.86. The summed E-state index contributed by atoms with van der Waals surface area (Å²) < 4.78 is 34.2. The highest BCUT2D eigenvalue weighted by Crippen LogP contribution is 2.20. The van der Waals surface area contributed by atoms with Gasteiger partial charge in [-0.3, -0.25) is 4.79 Å². The molecule has 15 heavy (non-hydrogen) atoms. The van der Waals surface area contributed by atoms with Gasteiger partial charge >= 0.3 is 10.2 Å². The standard InChI is InChI=1S/C10H9FO3S/c1-2-4-8-5-3-6-10(9(8)7-12)15(11,13)14/h2-3,5-7H,1,4H2. The Labute approximate surface area is 87.4 Å². The topological polar surface area (TPSA) is 51.2 Å². The lowest BCUT2D eigenvalue weighted by Gasteiger charge is -2.04. The first-order valence-electron chi connectivity index (χ1n) is 4.13. The van der Waals surface area contributed by atoms with Crippen LogP contribution in [0.3, 0.4) is 0 Å². The molecule has 0 aromatic heterocycles. The minimum absolute atomic E-state index is 0.139. The maximum Gasteiger partial charge on any atom is 0.332 e. The smallest absolute Gasteiger partial charge is 0.298 e. The molecule has 1 aromatic carbocycles. The first-order chi connectivity index (χ1) is 7.00. The van der Waals surface area contributed by atoms with E-state index in [2.05, 4.69) is 6.58 Å². The Morgan fingerprint density at radius 3 is 2.53 bits per heavy atom. The second kappa shape index (κ2) is 4.35. The van der Waals surface area contributed by atoms with Gasteiger partial charge in [-0.2, -0.15) is 8.42 Å². The number of aldehydes is 1. The molecule has 0 saturated carbocycles. The zero-order valence-electron chi connectivity index (χ0n) is 7.81. The number of carbonyl (C=O) groups excluding carboxylic acids is 1. The molecule has 0 unspecified atom stereocenters. The average molecular weight is 228 g/mol. The number of carbonyl (C=O) groups is 1. The van der Waals surface area contributed by atoms with Gasteiger partial charge in [0.15, 0.2) is 6.29 Å². The predicted octanol–water partition coefficient (Wildman–Crippen LogP) is 1.89. The summed E-state index contributed by atoms with van der Waals surface area (Å²) in [5.74, 6) is 0. The van der Waals surface area contributed by atoms with Crippen molar-refractivity contribution in [1.82, 2.24) is 0 Å².